The van der Waals surface area contributed by atoms with E-state index in [1.807, 2.05) is 30.3 Å². The fourth-order valence-corrected chi connectivity index (χ4v) is 2.57. The largest absolute Gasteiger partial charge is 0.479 e. The summed E-state index contributed by atoms with van der Waals surface area (Å²) in [5.41, 5.74) is 1.54. The SMILES string of the molecule is CC(=O)N(CCc1ccccc1)CC(=O)NC(C(=O)O)c1ccccc1. The van der Waals surface area contributed by atoms with E-state index in [2.05, 4.69) is 5.32 Å². The maximum Gasteiger partial charge on any atom is 0.330 e. The Morgan fingerprint density at radius 1 is 1.00 bits per heavy atom. The molecule has 0 radical (unpaired) electrons. The zero-order valence-electron chi connectivity index (χ0n) is 14.6. The lowest BCUT2D eigenvalue weighted by molar-refractivity contribution is -0.142. The fourth-order valence-electron chi connectivity index (χ4n) is 2.57. The van der Waals surface area contributed by atoms with Gasteiger partial charge in [0.2, 0.25) is 11.8 Å². The summed E-state index contributed by atoms with van der Waals surface area (Å²) in [5.74, 6) is -1.89. The van der Waals surface area contributed by atoms with Crippen LogP contribution in [0.25, 0.3) is 0 Å². The average Bonchev–Trinajstić information content (AvgIpc) is 2.64. The Balaban J connectivity index is 1.97. The molecule has 26 heavy (non-hydrogen) atoms. The highest BCUT2D eigenvalue weighted by Crippen LogP contribution is 2.12. The lowest BCUT2D eigenvalue weighted by Gasteiger charge is -2.22. The van der Waals surface area contributed by atoms with Gasteiger partial charge < -0.3 is 15.3 Å². The number of hydrogen-bond donors (Lipinski definition) is 2. The highest BCUT2D eigenvalue weighted by molar-refractivity contribution is 5.88. The van der Waals surface area contributed by atoms with Crippen molar-refractivity contribution in [3.05, 3.63) is 71.8 Å². The van der Waals surface area contributed by atoms with Crippen molar-refractivity contribution in [2.24, 2.45) is 0 Å². The molecular formula is C20H22N2O4. The Morgan fingerprint density at radius 2 is 1.58 bits per heavy atom. The second-order valence-corrected chi connectivity index (χ2v) is 5.93. The second kappa shape index (κ2) is 9.36. The minimum atomic E-state index is -1.15. The number of nitrogens with one attached hydrogen (secondary N) is 1. The van der Waals surface area contributed by atoms with Gasteiger partial charge in [0.05, 0.1) is 6.54 Å². The van der Waals surface area contributed by atoms with E-state index in [1.54, 1.807) is 30.3 Å². The second-order valence-electron chi connectivity index (χ2n) is 5.93. The number of rotatable bonds is 8. The molecule has 2 rings (SSSR count). The number of benzene rings is 2. The first-order chi connectivity index (χ1) is 12.5. The monoisotopic (exact) mass is 354 g/mol. The normalized spacial score (nSPS) is 11.4. The van der Waals surface area contributed by atoms with Crippen molar-refractivity contribution in [3.8, 4) is 0 Å². The van der Waals surface area contributed by atoms with Crippen LogP contribution in [0.1, 0.15) is 24.1 Å². The Morgan fingerprint density at radius 3 is 2.12 bits per heavy atom. The van der Waals surface area contributed by atoms with E-state index in [0.717, 1.165) is 5.56 Å². The molecule has 0 spiro atoms. The number of aliphatic carboxylic acids is 1. The van der Waals surface area contributed by atoms with Gasteiger partial charge in [0, 0.05) is 13.5 Å². The molecule has 2 amide bonds. The van der Waals surface area contributed by atoms with Gasteiger partial charge in [-0.3, -0.25) is 9.59 Å². The van der Waals surface area contributed by atoms with Crippen molar-refractivity contribution in [2.45, 2.75) is 19.4 Å². The summed E-state index contributed by atoms with van der Waals surface area (Å²) < 4.78 is 0. The molecule has 0 aliphatic heterocycles. The summed E-state index contributed by atoms with van der Waals surface area (Å²) in [5, 5.41) is 11.9. The predicted octanol–water partition coefficient (Wildman–Crippen LogP) is 2.02. The third-order valence-corrected chi connectivity index (χ3v) is 3.98. The number of nitrogens with zero attached hydrogens (tertiary/aromatic N) is 1. The number of hydrogen-bond acceptors (Lipinski definition) is 3. The molecule has 6 nitrogen and oxygen atoms in total. The quantitative estimate of drug-likeness (QED) is 0.759. The summed E-state index contributed by atoms with van der Waals surface area (Å²) in [6.45, 7) is 1.60. The topological polar surface area (TPSA) is 86.7 Å². The van der Waals surface area contributed by atoms with E-state index in [9.17, 15) is 19.5 Å². The van der Waals surface area contributed by atoms with Crippen LogP contribution in [0.2, 0.25) is 0 Å². The first-order valence-electron chi connectivity index (χ1n) is 8.34. The van der Waals surface area contributed by atoms with Crippen molar-refractivity contribution in [2.75, 3.05) is 13.1 Å². The van der Waals surface area contributed by atoms with E-state index < -0.39 is 17.9 Å². The number of amides is 2. The fraction of sp³-hybridized carbons (Fsp3) is 0.250. The van der Waals surface area contributed by atoms with E-state index >= 15 is 0 Å². The molecule has 0 fully saturated rings. The van der Waals surface area contributed by atoms with Crippen LogP contribution in [-0.2, 0) is 20.8 Å². The van der Waals surface area contributed by atoms with Gasteiger partial charge in [0.25, 0.3) is 0 Å². The molecule has 1 unspecified atom stereocenters. The van der Waals surface area contributed by atoms with Crippen LogP contribution in [0.3, 0.4) is 0 Å². The van der Waals surface area contributed by atoms with Gasteiger partial charge in [0.15, 0.2) is 6.04 Å². The minimum absolute atomic E-state index is 0.182. The van der Waals surface area contributed by atoms with E-state index in [1.165, 1.54) is 11.8 Å². The number of carbonyl (C=O) groups is 3. The first-order valence-corrected chi connectivity index (χ1v) is 8.34. The van der Waals surface area contributed by atoms with Gasteiger partial charge in [-0.1, -0.05) is 60.7 Å². The number of carboxylic acids is 1. The Bertz CT molecular complexity index is 747. The van der Waals surface area contributed by atoms with Gasteiger partial charge in [-0.15, -0.1) is 0 Å². The molecule has 0 aromatic heterocycles. The van der Waals surface area contributed by atoms with Crippen LogP contribution in [0, 0.1) is 0 Å². The average molecular weight is 354 g/mol. The summed E-state index contributed by atoms with van der Waals surface area (Å²) in [6, 6.07) is 17.0. The lowest BCUT2D eigenvalue weighted by Crippen LogP contribution is -2.43. The molecule has 0 saturated carbocycles. The lowest BCUT2D eigenvalue weighted by atomic mass is 10.1. The minimum Gasteiger partial charge on any atom is -0.479 e. The summed E-state index contributed by atoms with van der Waals surface area (Å²) >= 11 is 0. The third kappa shape index (κ3) is 5.73. The van der Waals surface area contributed by atoms with Crippen LogP contribution in [0.4, 0.5) is 0 Å². The molecule has 0 bridgehead atoms. The molecule has 0 aliphatic rings. The third-order valence-electron chi connectivity index (χ3n) is 3.98. The molecule has 2 aromatic carbocycles. The van der Waals surface area contributed by atoms with Crippen molar-refractivity contribution in [3.63, 3.8) is 0 Å². The van der Waals surface area contributed by atoms with Crippen molar-refractivity contribution in [1.29, 1.82) is 0 Å². The highest BCUT2D eigenvalue weighted by Gasteiger charge is 2.23. The van der Waals surface area contributed by atoms with E-state index in [4.69, 9.17) is 0 Å². The van der Waals surface area contributed by atoms with Gasteiger partial charge in [-0.2, -0.15) is 0 Å². The Kier molecular flexibility index (Phi) is 6.91. The highest BCUT2D eigenvalue weighted by atomic mass is 16.4. The van der Waals surface area contributed by atoms with Crippen LogP contribution in [0.15, 0.2) is 60.7 Å². The standard InChI is InChI=1S/C20H22N2O4/c1-15(23)22(13-12-16-8-4-2-5-9-16)14-18(24)21-19(20(25)26)17-10-6-3-7-11-17/h2-11,19H,12-14H2,1H3,(H,21,24)(H,25,26). The van der Waals surface area contributed by atoms with E-state index in [0.29, 0.717) is 18.5 Å². The molecule has 2 aromatic rings. The van der Waals surface area contributed by atoms with Gasteiger partial charge in [-0.05, 0) is 17.5 Å². The molecule has 136 valence electrons. The molecule has 1 atom stereocenters. The van der Waals surface area contributed by atoms with Gasteiger partial charge in [-0.25, -0.2) is 4.79 Å². The van der Waals surface area contributed by atoms with Crippen LogP contribution >= 0.6 is 0 Å². The molecule has 2 N–H and O–H groups in total. The smallest absolute Gasteiger partial charge is 0.330 e. The zero-order chi connectivity index (χ0) is 18.9. The van der Waals surface area contributed by atoms with Crippen molar-refractivity contribution < 1.29 is 19.5 Å². The summed E-state index contributed by atoms with van der Waals surface area (Å²) in [7, 11) is 0. The first kappa shape index (κ1) is 19.2. The molecule has 6 heteroatoms. The summed E-state index contributed by atoms with van der Waals surface area (Å²) in [6.07, 6.45) is 0.620. The number of carboxylic acid groups (broad SMARTS) is 1. The molecular weight excluding hydrogens is 332 g/mol. The zero-order valence-corrected chi connectivity index (χ0v) is 14.6. The maximum absolute atomic E-state index is 12.3. The number of carbonyl (C=O) groups excluding carboxylic acids is 2. The maximum atomic E-state index is 12.3. The summed E-state index contributed by atoms with van der Waals surface area (Å²) in [4.78, 5) is 37.0. The Hall–Kier alpha value is -3.15. The molecule has 0 heterocycles. The Labute approximate surface area is 152 Å². The van der Waals surface area contributed by atoms with E-state index in [-0.39, 0.29) is 12.5 Å². The van der Waals surface area contributed by atoms with Crippen LogP contribution < -0.4 is 5.32 Å². The van der Waals surface area contributed by atoms with Crippen molar-refractivity contribution in [1.82, 2.24) is 10.2 Å². The molecule has 0 aliphatic carbocycles. The van der Waals surface area contributed by atoms with Gasteiger partial charge in [0.1, 0.15) is 0 Å². The van der Waals surface area contributed by atoms with Crippen LogP contribution in [-0.4, -0.2) is 40.9 Å². The predicted molar refractivity (Wildman–Crippen MR) is 97.4 cm³/mol. The molecule has 0 saturated heterocycles. The van der Waals surface area contributed by atoms with Crippen LogP contribution in [0.5, 0.6) is 0 Å². The van der Waals surface area contributed by atoms with Crippen molar-refractivity contribution >= 4 is 17.8 Å². The van der Waals surface area contributed by atoms with Gasteiger partial charge >= 0.3 is 5.97 Å².